The summed E-state index contributed by atoms with van der Waals surface area (Å²) in [4.78, 5) is 23.2. The van der Waals surface area contributed by atoms with Crippen molar-refractivity contribution in [3.8, 4) is 0 Å². The minimum Gasteiger partial charge on any atom is -0.365 e. The number of carbonyl (C=O) groups is 1. The van der Waals surface area contributed by atoms with E-state index >= 15 is 0 Å². The zero-order valence-corrected chi connectivity index (χ0v) is 24.0. The van der Waals surface area contributed by atoms with Crippen LogP contribution in [0.15, 0.2) is 28.9 Å². The zero-order valence-electron chi connectivity index (χ0n) is 23.2. The highest BCUT2D eigenvalue weighted by Crippen LogP contribution is 2.42. The maximum atomic E-state index is 13.7. The van der Waals surface area contributed by atoms with E-state index in [1.165, 1.54) is 12.1 Å². The van der Waals surface area contributed by atoms with Crippen LogP contribution in [0.25, 0.3) is 0 Å². The first kappa shape index (κ1) is 30.4. The molecular weight excluding hydrogens is 515 g/mol. The third-order valence-corrected chi connectivity index (χ3v) is 8.46. The van der Waals surface area contributed by atoms with Crippen molar-refractivity contribution in [3.05, 3.63) is 40.3 Å². The molecule has 0 atom stereocenters. The van der Waals surface area contributed by atoms with Crippen LogP contribution in [0.2, 0.25) is 0 Å². The third kappa shape index (κ3) is 7.50. The molecule has 0 aliphatic carbocycles. The van der Waals surface area contributed by atoms with Gasteiger partial charge in [-0.15, -0.1) is 0 Å². The summed E-state index contributed by atoms with van der Waals surface area (Å²) in [5.41, 5.74) is -1.34. The molecule has 0 radical (unpaired) electrons. The first-order chi connectivity index (χ1) is 17.7. The Hall–Kier alpha value is -2.13. The summed E-state index contributed by atoms with van der Waals surface area (Å²) in [6.45, 7) is 13.4. The van der Waals surface area contributed by atoms with Gasteiger partial charge < -0.3 is 14.7 Å². The predicted molar refractivity (Wildman–Crippen MR) is 145 cm³/mol. The number of carbonyl (C=O) groups excluding carboxylic acids is 1. The number of halogens is 4. The molecule has 0 bridgehead atoms. The van der Waals surface area contributed by atoms with E-state index in [1.807, 2.05) is 6.92 Å². The number of hydrogen-bond acceptors (Lipinski definition) is 5. The highest BCUT2D eigenvalue weighted by Gasteiger charge is 2.40. The largest absolute Gasteiger partial charge is 0.433 e. The molecule has 3 heterocycles. The van der Waals surface area contributed by atoms with Gasteiger partial charge in [-0.2, -0.15) is 13.2 Å². The summed E-state index contributed by atoms with van der Waals surface area (Å²) in [5, 5.41) is 8.72. The van der Waals surface area contributed by atoms with Gasteiger partial charge in [-0.3, -0.25) is 10.2 Å². The Morgan fingerprint density at radius 3 is 2.21 bits per heavy atom. The van der Waals surface area contributed by atoms with Gasteiger partial charge in [0.1, 0.15) is 16.4 Å². The molecule has 2 aliphatic heterocycles. The molecule has 1 amide bonds. The van der Waals surface area contributed by atoms with E-state index in [0.717, 1.165) is 57.8 Å². The van der Waals surface area contributed by atoms with Crippen LogP contribution >= 0.6 is 11.6 Å². The molecule has 10 heteroatoms. The van der Waals surface area contributed by atoms with E-state index in [-0.39, 0.29) is 21.8 Å². The highest BCUT2D eigenvalue weighted by atomic mass is 35.5. The molecule has 2 saturated heterocycles. The molecule has 1 N–H and O–H groups in total. The van der Waals surface area contributed by atoms with E-state index in [1.54, 1.807) is 16.8 Å². The summed E-state index contributed by atoms with van der Waals surface area (Å²) in [7, 11) is 1.68. The second-order valence-electron chi connectivity index (χ2n) is 11.9. The van der Waals surface area contributed by atoms with Crippen LogP contribution in [0.1, 0.15) is 71.2 Å². The van der Waals surface area contributed by atoms with Gasteiger partial charge >= 0.3 is 6.18 Å². The minimum atomic E-state index is -4.66. The van der Waals surface area contributed by atoms with E-state index in [9.17, 15) is 18.0 Å². The van der Waals surface area contributed by atoms with Gasteiger partial charge in [-0.1, -0.05) is 38.4 Å². The third-order valence-electron chi connectivity index (χ3n) is 7.98. The Bertz CT molecular complexity index is 1030. The number of aromatic nitrogens is 1. The van der Waals surface area contributed by atoms with E-state index < -0.39 is 23.5 Å². The molecule has 0 saturated carbocycles. The van der Waals surface area contributed by atoms with Crippen molar-refractivity contribution < 1.29 is 18.0 Å². The maximum absolute atomic E-state index is 13.7. The maximum Gasteiger partial charge on any atom is 0.433 e. The zero-order chi connectivity index (χ0) is 28.3. The van der Waals surface area contributed by atoms with Gasteiger partial charge in [0, 0.05) is 26.7 Å². The van der Waals surface area contributed by atoms with Gasteiger partial charge in [0.25, 0.3) is 5.91 Å². The van der Waals surface area contributed by atoms with Crippen molar-refractivity contribution in [3.63, 3.8) is 0 Å². The number of piperidine rings is 2. The van der Waals surface area contributed by atoms with Gasteiger partial charge in [0.05, 0.1) is 11.4 Å². The van der Waals surface area contributed by atoms with Crippen LogP contribution in [0.4, 0.5) is 13.2 Å². The van der Waals surface area contributed by atoms with Crippen LogP contribution in [-0.2, 0) is 11.0 Å². The summed E-state index contributed by atoms with van der Waals surface area (Å²) in [5.74, 6) is -0.433. The average molecular weight is 556 g/mol. The van der Waals surface area contributed by atoms with Crippen molar-refractivity contribution in [2.75, 3.05) is 46.3 Å². The molecule has 1 aromatic heterocycles. The molecule has 2 aliphatic rings. The van der Waals surface area contributed by atoms with Crippen LogP contribution in [0.5, 0.6) is 0 Å². The second-order valence-corrected chi connectivity index (χ2v) is 12.3. The molecule has 0 aromatic carbocycles. The number of nitrogens with one attached hydrogen (secondary N) is 1. The van der Waals surface area contributed by atoms with Crippen molar-refractivity contribution in [1.29, 1.82) is 5.41 Å². The number of nitrogens with zero attached hydrogens (tertiary/aromatic N) is 4. The molecule has 0 unspecified atom stereocenters. The van der Waals surface area contributed by atoms with Gasteiger partial charge in [0.15, 0.2) is 0 Å². The topological polar surface area (TPSA) is 63.5 Å². The smallest absolute Gasteiger partial charge is 0.365 e. The highest BCUT2D eigenvalue weighted by molar-refractivity contribution is 6.38. The Labute approximate surface area is 229 Å². The lowest BCUT2D eigenvalue weighted by Gasteiger charge is -2.47. The normalized spacial score (nSPS) is 19.3. The monoisotopic (exact) mass is 555 g/mol. The average Bonchev–Trinajstić information content (AvgIpc) is 2.87. The minimum absolute atomic E-state index is 0.0363. The molecule has 6 nitrogen and oxygen atoms in total. The number of hydrogen-bond donors (Lipinski definition) is 1. The lowest BCUT2D eigenvalue weighted by Crippen LogP contribution is -2.49. The van der Waals surface area contributed by atoms with E-state index in [2.05, 4.69) is 30.7 Å². The van der Waals surface area contributed by atoms with Gasteiger partial charge in [-0.05, 0) is 81.6 Å². The molecule has 1 aromatic rings. The SMILES string of the molecule is CCN(C)/C(Cl)=C(\C(=N)c1cccc(C(F)(F)F)n1)C(=O)N1CCC2(CCN(CCC(C)(C)C)CC2)CC1. The molecule has 3 rings (SSSR count). The summed E-state index contributed by atoms with van der Waals surface area (Å²) < 4.78 is 39.8. The first-order valence-electron chi connectivity index (χ1n) is 13.4. The molecular formula is C28H41ClF3N5O. The van der Waals surface area contributed by atoms with Crippen molar-refractivity contribution in [2.45, 2.75) is 66.0 Å². The van der Waals surface area contributed by atoms with Crippen LogP contribution in [-0.4, -0.2) is 77.6 Å². The van der Waals surface area contributed by atoms with Crippen molar-refractivity contribution in [1.82, 2.24) is 19.7 Å². The fourth-order valence-electron chi connectivity index (χ4n) is 5.07. The van der Waals surface area contributed by atoms with Crippen LogP contribution < -0.4 is 0 Å². The van der Waals surface area contributed by atoms with E-state index in [0.29, 0.717) is 25.0 Å². The van der Waals surface area contributed by atoms with Crippen molar-refractivity contribution in [2.24, 2.45) is 10.8 Å². The number of pyridine rings is 1. The van der Waals surface area contributed by atoms with Crippen LogP contribution in [0, 0.1) is 16.2 Å². The molecule has 1 spiro atoms. The molecule has 212 valence electrons. The standard InChI is InChI=1S/C28H41ClF3N5O/c1-6-35(5)24(29)22(23(33)20-8-7-9-21(34-20)28(30,31)32)25(38)37-18-13-27(14-19-37)11-16-36(17-12-27)15-10-26(2,3)4/h7-9,33H,6,10-19H2,1-5H3/b24-22+,33-23?. The summed E-state index contributed by atoms with van der Waals surface area (Å²) in [6, 6.07) is 3.34. The van der Waals surface area contributed by atoms with Gasteiger partial charge in [0.2, 0.25) is 0 Å². The Kier molecular flexibility index (Phi) is 9.56. The Balaban J connectivity index is 1.73. The molecule has 2 fully saturated rings. The van der Waals surface area contributed by atoms with Gasteiger partial charge in [-0.25, -0.2) is 4.98 Å². The number of likely N-dealkylation sites (tertiary alicyclic amines) is 2. The van der Waals surface area contributed by atoms with Crippen LogP contribution in [0.3, 0.4) is 0 Å². The lowest BCUT2D eigenvalue weighted by molar-refractivity contribution is -0.141. The van der Waals surface area contributed by atoms with E-state index in [4.69, 9.17) is 17.0 Å². The fourth-order valence-corrected chi connectivity index (χ4v) is 5.37. The predicted octanol–water partition coefficient (Wildman–Crippen LogP) is 6.01. The fraction of sp³-hybridized carbons (Fsp3) is 0.679. The Morgan fingerprint density at radius 2 is 1.68 bits per heavy atom. The summed E-state index contributed by atoms with van der Waals surface area (Å²) in [6.07, 6.45) is 0.454. The number of rotatable bonds is 7. The second kappa shape index (κ2) is 11.9. The number of amides is 1. The molecule has 38 heavy (non-hydrogen) atoms. The number of alkyl halides is 3. The Morgan fingerprint density at radius 1 is 1.11 bits per heavy atom. The quantitative estimate of drug-likeness (QED) is 0.254. The summed E-state index contributed by atoms with van der Waals surface area (Å²) >= 11 is 6.57. The first-order valence-corrected chi connectivity index (χ1v) is 13.8. The lowest BCUT2D eigenvalue weighted by atomic mass is 9.71. The van der Waals surface area contributed by atoms with Crippen molar-refractivity contribution >= 4 is 23.2 Å².